The average Bonchev–Trinajstić information content (AvgIpc) is 1.97. The molecule has 0 heterocycles. The fraction of sp³-hybridized carbons (Fsp3) is 0. The zero-order valence-electron chi connectivity index (χ0n) is 5.94. The maximum Gasteiger partial charge on any atom is 0.358 e. The van der Waals surface area contributed by atoms with Crippen LogP contribution in [-0.2, 0) is 18.1 Å². The van der Waals surface area contributed by atoms with Crippen LogP contribution >= 0.6 is 0 Å². The fourth-order valence-corrected chi connectivity index (χ4v) is 0.988. The predicted octanol–water partition coefficient (Wildman–Crippen LogP) is -2.53. The first-order valence-corrected chi connectivity index (χ1v) is 4.70. The number of carbonyl (C=O) groups excluding carboxylic acids is 1. The van der Waals surface area contributed by atoms with E-state index in [-0.39, 0.29) is 0 Å². The summed E-state index contributed by atoms with van der Waals surface area (Å²) >= 11 is 0. The summed E-state index contributed by atoms with van der Waals surface area (Å²) in [6.45, 7) is 0. The van der Waals surface area contributed by atoms with Crippen molar-refractivity contribution < 1.29 is 23.2 Å². The first-order valence-electron chi connectivity index (χ1n) is 2.73. The maximum absolute atomic E-state index is 10.5. The molecule has 0 spiro atoms. The van der Waals surface area contributed by atoms with Crippen LogP contribution in [0.3, 0.4) is 0 Å². The standard InChI is InChI=1S/C4H8O5Si2/c5-3(6)1-2-4(7)8-11-9-10/h1-2H,11H2,10H3,(H,5,6). The van der Waals surface area contributed by atoms with Crippen LogP contribution in [0.1, 0.15) is 0 Å². The number of rotatable bonds is 4. The highest BCUT2D eigenvalue weighted by Crippen LogP contribution is 1.79. The van der Waals surface area contributed by atoms with Crippen molar-refractivity contribution in [2.75, 3.05) is 0 Å². The van der Waals surface area contributed by atoms with Gasteiger partial charge >= 0.3 is 21.9 Å². The Labute approximate surface area is 68.6 Å². The van der Waals surface area contributed by atoms with E-state index in [0.717, 1.165) is 12.2 Å². The van der Waals surface area contributed by atoms with Gasteiger partial charge in [0.15, 0.2) is 0 Å². The molecule has 1 N–H and O–H groups in total. The Morgan fingerprint density at radius 1 is 1.45 bits per heavy atom. The molecule has 0 saturated carbocycles. The molecule has 0 amide bonds. The van der Waals surface area contributed by atoms with E-state index in [0.29, 0.717) is 10.5 Å². The summed E-state index contributed by atoms with van der Waals surface area (Å²) in [5.74, 6) is -1.83. The first-order chi connectivity index (χ1) is 5.16. The molecule has 0 unspecified atom stereocenters. The van der Waals surface area contributed by atoms with Crippen LogP contribution < -0.4 is 0 Å². The van der Waals surface area contributed by atoms with Gasteiger partial charge in [-0.15, -0.1) is 0 Å². The SMILES string of the molecule is O=C(O)C=CC(=O)O[SiH2]O[SiH3]. The third kappa shape index (κ3) is 6.97. The molecule has 0 radical (unpaired) electrons. The number of aliphatic carboxylic acids is 1. The smallest absolute Gasteiger partial charge is 0.358 e. The molecule has 0 aliphatic rings. The van der Waals surface area contributed by atoms with Gasteiger partial charge in [-0.2, -0.15) is 0 Å². The van der Waals surface area contributed by atoms with Crippen LogP contribution in [-0.4, -0.2) is 37.5 Å². The zero-order chi connectivity index (χ0) is 8.69. The van der Waals surface area contributed by atoms with Crippen molar-refractivity contribution in [3.05, 3.63) is 12.2 Å². The Hall–Kier alpha value is -0.926. The molecule has 0 aromatic rings. The Balaban J connectivity index is 3.60. The highest BCUT2D eigenvalue weighted by molar-refractivity contribution is 6.30. The van der Waals surface area contributed by atoms with E-state index in [1.54, 1.807) is 0 Å². The molecule has 62 valence electrons. The van der Waals surface area contributed by atoms with Crippen LogP contribution in [0.15, 0.2) is 12.2 Å². The van der Waals surface area contributed by atoms with Gasteiger partial charge in [0.1, 0.15) is 10.5 Å². The van der Waals surface area contributed by atoms with Crippen molar-refractivity contribution in [1.82, 2.24) is 0 Å². The second-order valence-corrected chi connectivity index (χ2v) is 4.38. The van der Waals surface area contributed by atoms with Gasteiger partial charge in [-0.05, 0) is 0 Å². The Morgan fingerprint density at radius 2 is 2.09 bits per heavy atom. The second-order valence-electron chi connectivity index (χ2n) is 1.54. The van der Waals surface area contributed by atoms with Gasteiger partial charge in [-0.25, -0.2) is 9.59 Å². The minimum absolute atomic E-state index is 0.539. The maximum atomic E-state index is 10.5. The molecule has 0 saturated heterocycles. The lowest BCUT2D eigenvalue weighted by Gasteiger charge is -1.96. The molecule has 0 aromatic heterocycles. The molecule has 0 aromatic carbocycles. The predicted molar refractivity (Wildman–Crippen MR) is 42.4 cm³/mol. The molecule has 0 bridgehead atoms. The number of carboxylic acid groups (broad SMARTS) is 1. The van der Waals surface area contributed by atoms with Crippen molar-refractivity contribution in [1.29, 1.82) is 0 Å². The van der Waals surface area contributed by atoms with Gasteiger partial charge in [-0.3, -0.25) is 0 Å². The normalized spacial score (nSPS) is 11.3. The zero-order valence-corrected chi connectivity index (χ0v) is 9.36. The van der Waals surface area contributed by atoms with Crippen LogP contribution in [0.2, 0.25) is 0 Å². The van der Waals surface area contributed by atoms with E-state index in [2.05, 4.69) is 8.54 Å². The number of carboxylic acids is 1. The summed E-state index contributed by atoms with van der Waals surface area (Å²) in [7, 11) is -0.663. The van der Waals surface area contributed by atoms with E-state index in [4.69, 9.17) is 5.11 Å². The Morgan fingerprint density at radius 3 is 2.55 bits per heavy atom. The molecule has 0 fully saturated rings. The molecule has 0 aliphatic heterocycles. The lowest BCUT2D eigenvalue weighted by atomic mass is 10.5. The average molecular weight is 192 g/mol. The lowest BCUT2D eigenvalue weighted by molar-refractivity contribution is -0.133. The summed E-state index contributed by atoms with van der Waals surface area (Å²) in [5, 5.41) is 8.08. The van der Waals surface area contributed by atoms with Gasteiger partial charge in [0.2, 0.25) is 0 Å². The highest BCUT2D eigenvalue weighted by atomic mass is 28.3. The summed E-state index contributed by atoms with van der Waals surface area (Å²) in [6.07, 6.45) is 1.58. The van der Waals surface area contributed by atoms with E-state index in [1.165, 1.54) is 0 Å². The molecule has 5 nitrogen and oxygen atoms in total. The lowest BCUT2D eigenvalue weighted by Crippen LogP contribution is -2.08. The molecular weight excluding hydrogens is 184 g/mol. The molecule has 7 heteroatoms. The first kappa shape index (κ1) is 10.1. The van der Waals surface area contributed by atoms with E-state index < -0.39 is 21.9 Å². The Bertz CT molecular complexity index is 177. The third-order valence-corrected chi connectivity index (χ3v) is 2.03. The third-order valence-electron chi connectivity index (χ3n) is 0.681. The monoisotopic (exact) mass is 192 g/mol. The second kappa shape index (κ2) is 5.83. The number of carbonyl (C=O) groups is 2. The topological polar surface area (TPSA) is 72.8 Å². The number of hydrogen-bond acceptors (Lipinski definition) is 4. The molecule has 11 heavy (non-hydrogen) atoms. The van der Waals surface area contributed by atoms with Crippen LogP contribution in [0.5, 0.6) is 0 Å². The summed E-state index contributed by atoms with van der Waals surface area (Å²) < 4.78 is 9.18. The minimum Gasteiger partial charge on any atom is -0.497 e. The summed E-state index contributed by atoms with van der Waals surface area (Å²) in [4.78, 5) is 20.4. The fourth-order valence-electron chi connectivity index (χ4n) is 0.304. The van der Waals surface area contributed by atoms with E-state index in [9.17, 15) is 9.59 Å². The summed E-state index contributed by atoms with van der Waals surface area (Å²) in [6, 6.07) is 0. The largest absolute Gasteiger partial charge is 0.497 e. The minimum atomic E-state index is -1.20. The van der Waals surface area contributed by atoms with Crippen molar-refractivity contribution in [3.63, 3.8) is 0 Å². The number of hydrogen-bond donors (Lipinski definition) is 1. The summed E-state index contributed by atoms with van der Waals surface area (Å²) in [5.41, 5.74) is 0. The van der Waals surface area contributed by atoms with Gasteiger partial charge in [0.05, 0.1) is 0 Å². The Kier molecular flexibility index (Phi) is 5.34. The van der Waals surface area contributed by atoms with Gasteiger partial charge < -0.3 is 13.6 Å². The van der Waals surface area contributed by atoms with E-state index >= 15 is 0 Å². The van der Waals surface area contributed by atoms with Crippen molar-refractivity contribution in [3.8, 4) is 0 Å². The van der Waals surface area contributed by atoms with Crippen molar-refractivity contribution >= 4 is 32.4 Å². The van der Waals surface area contributed by atoms with Crippen LogP contribution in [0.25, 0.3) is 0 Å². The highest BCUT2D eigenvalue weighted by Gasteiger charge is 1.96. The van der Waals surface area contributed by atoms with Crippen molar-refractivity contribution in [2.45, 2.75) is 0 Å². The van der Waals surface area contributed by atoms with Crippen LogP contribution in [0.4, 0.5) is 0 Å². The van der Waals surface area contributed by atoms with E-state index in [1.807, 2.05) is 0 Å². The van der Waals surface area contributed by atoms with Gasteiger partial charge in [-0.1, -0.05) is 0 Å². The van der Waals surface area contributed by atoms with Crippen LogP contribution in [0, 0.1) is 0 Å². The van der Waals surface area contributed by atoms with Gasteiger partial charge in [0.25, 0.3) is 0 Å². The molecule has 0 aliphatic carbocycles. The van der Waals surface area contributed by atoms with Gasteiger partial charge in [0, 0.05) is 12.2 Å². The quantitative estimate of drug-likeness (QED) is 0.393. The molecule has 0 rings (SSSR count). The molecular formula is C4H8O5Si2. The molecule has 0 atom stereocenters. The van der Waals surface area contributed by atoms with Crippen molar-refractivity contribution in [2.24, 2.45) is 0 Å².